The average Bonchev–Trinajstić information content (AvgIpc) is 2.20. The van der Waals surface area contributed by atoms with E-state index in [4.69, 9.17) is 0 Å². The number of methoxy groups -OCH3 is 1. The number of hydrogen-bond acceptors (Lipinski definition) is 5. The first-order valence-electron chi connectivity index (χ1n) is 4.07. The van der Waals surface area contributed by atoms with Crippen molar-refractivity contribution in [2.45, 2.75) is 6.42 Å². The molecule has 15 heavy (non-hydrogen) atoms. The van der Waals surface area contributed by atoms with Crippen LogP contribution in [0.15, 0.2) is 18.2 Å². The number of rotatable bonds is 3. The summed E-state index contributed by atoms with van der Waals surface area (Å²) in [5.41, 5.74) is 0.00255. The van der Waals surface area contributed by atoms with Gasteiger partial charge in [-0.1, -0.05) is 0 Å². The molecule has 0 heterocycles. The van der Waals surface area contributed by atoms with Crippen molar-refractivity contribution in [1.29, 1.82) is 0 Å². The molecule has 0 radical (unpaired) electrons. The van der Waals surface area contributed by atoms with Gasteiger partial charge in [0.05, 0.1) is 18.5 Å². The van der Waals surface area contributed by atoms with Gasteiger partial charge in [-0.05, 0) is 6.07 Å². The van der Waals surface area contributed by atoms with Gasteiger partial charge in [-0.25, -0.2) is 0 Å². The molecule has 80 valence electrons. The predicted molar refractivity (Wildman–Crippen MR) is 50.5 cm³/mol. The van der Waals surface area contributed by atoms with Gasteiger partial charge in [-0.2, -0.15) is 0 Å². The molecule has 0 amide bonds. The van der Waals surface area contributed by atoms with E-state index in [1.807, 2.05) is 0 Å². The zero-order valence-electron chi connectivity index (χ0n) is 7.97. The summed E-state index contributed by atoms with van der Waals surface area (Å²) in [6.07, 6.45) is -0.190. The number of hydrogen-bond donors (Lipinski definition) is 1. The number of non-ortho nitro benzene ring substituents is 1. The molecule has 0 aromatic heterocycles. The van der Waals surface area contributed by atoms with Crippen molar-refractivity contribution >= 4 is 11.7 Å². The fraction of sp³-hybridized carbons (Fsp3) is 0.222. The Morgan fingerprint density at radius 1 is 1.60 bits per heavy atom. The van der Waals surface area contributed by atoms with E-state index >= 15 is 0 Å². The third kappa shape index (κ3) is 2.67. The van der Waals surface area contributed by atoms with Crippen LogP contribution in [0, 0.1) is 10.1 Å². The van der Waals surface area contributed by atoms with Crippen LogP contribution in [0.3, 0.4) is 0 Å². The summed E-state index contributed by atoms with van der Waals surface area (Å²) in [4.78, 5) is 20.7. The Balaban J connectivity index is 3.00. The van der Waals surface area contributed by atoms with Gasteiger partial charge >= 0.3 is 5.97 Å². The number of nitro benzene ring substituents is 1. The van der Waals surface area contributed by atoms with Crippen molar-refractivity contribution in [3.63, 3.8) is 0 Å². The summed E-state index contributed by atoms with van der Waals surface area (Å²) >= 11 is 0. The second kappa shape index (κ2) is 4.41. The number of carbonyl (C=O) groups is 1. The highest BCUT2D eigenvalue weighted by atomic mass is 16.6. The van der Waals surface area contributed by atoms with Crippen LogP contribution in [0.4, 0.5) is 5.69 Å². The van der Waals surface area contributed by atoms with E-state index in [9.17, 15) is 20.0 Å². The number of esters is 1. The summed E-state index contributed by atoms with van der Waals surface area (Å²) in [6.45, 7) is 0. The lowest BCUT2D eigenvalue weighted by molar-refractivity contribution is -0.384. The molecule has 0 saturated carbocycles. The molecule has 6 nitrogen and oxygen atoms in total. The average molecular weight is 211 g/mol. The van der Waals surface area contributed by atoms with Gasteiger partial charge in [0.2, 0.25) is 0 Å². The monoisotopic (exact) mass is 211 g/mol. The summed E-state index contributed by atoms with van der Waals surface area (Å²) < 4.78 is 4.39. The molecule has 0 spiro atoms. The van der Waals surface area contributed by atoms with Gasteiger partial charge < -0.3 is 9.84 Å². The van der Waals surface area contributed by atoms with E-state index in [-0.39, 0.29) is 23.4 Å². The molecule has 0 saturated heterocycles. The van der Waals surface area contributed by atoms with Crippen molar-refractivity contribution in [3.05, 3.63) is 33.9 Å². The summed E-state index contributed by atoms with van der Waals surface area (Å²) in [6, 6.07) is 3.48. The molecule has 6 heteroatoms. The lowest BCUT2D eigenvalue weighted by atomic mass is 10.1. The Morgan fingerprint density at radius 2 is 2.27 bits per heavy atom. The maximum atomic E-state index is 10.9. The van der Waals surface area contributed by atoms with Crippen molar-refractivity contribution in [2.75, 3.05) is 7.11 Å². The molecule has 0 aliphatic rings. The van der Waals surface area contributed by atoms with Crippen LogP contribution in [0.5, 0.6) is 5.75 Å². The highest BCUT2D eigenvalue weighted by molar-refractivity contribution is 5.73. The number of benzene rings is 1. The quantitative estimate of drug-likeness (QED) is 0.458. The minimum Gasteiger partial charge on any atom is -0.508 e. The third-order valence-corrected chi connectivity index (χ3v) is 1.84. The fourth-order valence-electron chi connectivity index (χ4n) is 1.05. The Kier molecular flexibility index (Phi) is 3.22. The molecule has 0 aliphatic heterocycles. The molecule has 0 fully saturated rings. The highest BCUT2D eigenvalue weighted by Crippen LogP contribution is 2.23. The molecule has 1 rings (SSSR count). The molecule has 0 bridgehead atoms. The number of aromatic hydroxyl groups is 1. The number of ether oxygens (including phenoxy) is 1. The smallest absolute Gasteiger partial charge is 0.310 e. The number of nitrogens with zero attached hydrogens (tertiary/aromatic N) is 1. The second-order valence-electron chi connectivity index (χ2n) is 2.82. The van der Waals surface area contributed by atoms with E-state index in [1.165, 1.54) is 13.2 Å². The van der Waals surface area contributed by atoms with Crippen LogP contribution < -0.4 is 0 Å². The van der Waals surface area contributed by atoms with Crippen LogP contribution in [-0.4, -0.2) is 23.1 Å². The van der Waals surface area contributed by atoms with Gasteiger partial charge in [0.1, 0.15) is 5.75 Å². The number of carbonyl (C=O) groups excluding carboxylic acids is 1. The van der Waals surface area contributed by atoms with Crippen LogP contribution in [0.2, 0.25) is 0 Å². The Morgan fingerprint density at radius 3 is 2.80 bits per heavy atom. The van der Waals surface area contributed by atoms with Crippen LogP contribution in [0.1, 0.15) is 5.56 Å². The largest absolute Gasteiger partial charge is 0.508 e. The number of phenols is 1. The summed E-state index contributed by atoms with van der Waals surface area (Å²) in [5.74, 6) is -0.725. The van der Waals surface area contributed by atoms with Gasteiger partial charge in [0, 0.05) is 17.7 Å². The minimum absolute atomic E-state index is 0.161. The molecular weight excluding hydrogens is 202 g/mol. The lowest BCUT2D eigenvalue weighted by Crippen LogP contribution is -2.05. The van der Waals surface area contributed by atoms with E-state index < -0.39 is 10.9 Å². The molecule has 0 aliphatic carbocycles. The van der Waals surface area contributed by atoms with E-state index in [0.717, 1.165) is 12.1 Å². The normalized spacial score (nSPS) is 9.67. The first-order chi connectivity index (χ1) is 7.04. The van der Waals surface area contributed by atoms with E-state index in [2.05, 4.69) is 4.74 Å². The summed E-state index contributed by atoms with van der Waals surface area (Å²) in [5, 5.41) is 19.8. The highest BCUT2D eigenvalue weighted by Gasteiger charge is 2.13. The Bertz CT molecular complexity index is 401. The topological polar surface area (TPSA) is 89.7 Å². The van der Waals surface area contributed by atoms with Crippen molar-refractivity contribution in [3.8, 4) is 5.75 Å². The maximum absolute atomic E-state index is 10.9. The minimum atomic E-state index is -0.597. The van der Waals surface area contributed by atoms with Crippen LogP contribution in [-0.2, 0) is 16.0 Å². The SMILES string of the molecule is COC(=O)Cc1cc([N+](=O)[O-])ccc1O. The van der Waals surface area contributed by atoms with Crippen LogP contribution in [0.25, 0.3) is 0 Å². The lowest BCUT2D eigenvalue weighted by Gasteiger charge is -2.02. The molecule has 1 aromatic carbocycles. The third-order valence-electron chi connectivity index (χ3n) is 1.84. The maximum Gasteiger partial charge on any atom is 0.310 e. The zero-order chi connectivity index (χ0) is 11.4. The number of nitro groups is 1. The summed E-state index contributed by atoms with van der Waals surface area (Å²) in [7, 11) is 1.21. The molecule has 0 unspecified atom stereocenters. The molecular formula is C9H9NO5. The second-order valence-corrected chi connectivity index (χ2v) is 2.82. The standard InChI is InChI=1S/C9H9NO5/c1-15-9(12)5-6-4-7(10(13)14)2-3-8(6)11/h2-4,11H,5H2,1H3. The van der Waals surface area contributed by atoms with Crippen molar-refractivity contribution < 1.29 is 19.6 Å². The molecule has 1 N–H and O–H groups in total. The fourth-order valence-corrected chi connectivity index (χ4v) is 1.05. The Hall–Kier alpha value is -2.11. The van der Waals surface area contributed by atoms with Gasteiger partial charge in [-0.3, -0.25) is 14.9 Å². The van der Waals surface area contributed by atoms with Crippen molar-refractivity contribution in [2.24, 2.45) is 0 Å². The van der Waals surface area contributed by atoms with Gasteiger partial charge in [-0.15, -0.1) is 0 Å². The number of phenolic OH excluding ortho intramolecular Hbond substituents is 1. The molecule has 1 aromatic rings. The van der Waals surface area contributed by atoms with E-state index in [1.54, 1.807) is 0 Å². The van der Waals surface area contributed by atoms with Crippen molar-refractivity contribution in [1.82, 2.24) is 0 Å². The van der Waals surface area contributed by atoms with Gasteiger partial charge in [0.25, 0.3) is 5.69 Å². The Labute approximate surface area is 85.2 Å². The predicted octanol–water partition coefficient (Wildman–Crippen LogP) is 1.02. The zero-order valence-corrected chi connectivity index (χ0v) is 7.97. The first-order valence-corrected chi connectivity index (χ1v) is 4.07. The van der Waals surface area contributed by atoms with Crippen LogP contribution >= 0.6 is 0 Å². The van der Waals surface area contributed by atoms with E-state index in [0.29, 0.717) is 0 Å². The molecule has 0 atom stereocenters. The first kappa shape index (κ1) is 11.0. The van der Waals surface area contributed by atoms with Gasteiger partial charge in [0.15, 0.2) is 0 Å².